The second-order valence-electron chi connectivity index (χ2n) is 3.47. The quantitative estimate of drug-likeness (QED) is 0.449. The van der Waals surface area contributed by atoms with Crippen LogP contribution in [0.2, 0.25) is 0 Å². The molecule has 0 fully saturated rings. The lowest BCUT2D eigenvalue weighted by Crippen LogP contribution is -1.93. The fourth-order valence-corrected chi connectivity index (χ4v) is 1.31. The van der Waals surface area contributed by atoms with Crippen LogP contribution in [0.1, 0.15) is 52.4 Å². The van der Waals surface area contributed by atoms with E-state index in [-0.39, 0.29) is 6.15 Å². The lowest BCUT2D eigenvalue weighted by molar-refractivity contribution is 0.459. The van der Waals surface area contributed by atoms with E-state index < -0.39 is 0 Å². The lowest BCUT2D eigenvalue weighted by atomic mass is 9.98. The average molecular weight is 171 g/mol. The van der Waals surface area contributed by atoms with E-state index in [2.05, 4.69) is 20.4 Å². The Bertz CT molecular complexity index is 89.0. The van der Waals surface area contributed by atoms with Gasteiger partial charge in [0.15, 0.2) is 0 Å². The van der Waals surface area contributed by atoms with Crippen LogP contribution in [0.15, 0.2) is 12.7 Å². The molecule has 0 spiro atoms. The maximum Gasteiger partial charge on any atom is -0.0353 e. The van der Waals surface area contributed by atoms with Crippen LogP contribution in [-0.4, -0.2) is 0 Å². The van der Waals surface area contributed by atoms with Gasteiger partial charge in [-0.05, 0) is 18.8 Å². The van der Waals surface area contributed by atoms with Crippen molar-refractivity contribution < 1.29 is 0 Å². The van der Waals surface area contributed by atoms with Gasteiger partial charge < -0.3 is 6.15 Å². The van der Waals surface area contributed by atoms with E-state index in [9.17, 15) is 0 Å². The van der Waals surface area contributed by atoms with E-state index in [0.29, 0.717) is 0 Å². The minimum Gasteiger partial charge on any atom is -0.344 e. The zero-order valence-corrected chi connectivity index (χ0v) is 8.81. The summed E-state index contributed by atoms with van der Waals surface area (Å²) in [6, 6.07) is 0. The Morgan fingerprint density at radius 3 is 2.33 bits per heavy atom. The molecule has 0 aliphatic carbocycles. The third-order valence-electron chi connectivity index (χ3n) is 2.16. The van der Waals surface area contributed by atoms with E-state index >= 15 is 0 Å². The molecule has 0 rings (SSSR count). The SMILES string of the molecule is C=CCCCC(C)CCCC.N. The molecule has 1 atom stereocenters. The zero-order chi connectivity index (χ0) is 8.53. The van der Waals surface area contributed by atoms with Crippen LogP contribution >= 0.6 is 0 Å². The predicted octanol–water partition coefficient (Wildman–Crippen LogP) is 4.33. The fraction of sp³-hybridized carbons (Fsp3) is 0.818. The minimum absolute atomic E-state index is 0. The average Bonchev–Trinajstić information content (AvgIpc) is 2.01. The van der Waals surface area contributed by atoms with Gasteiger partial charge in [-0.3, -0.25) is 0 Å². The zero-order valence-electron chi connectivity index (χ0n) is 8.81. The van der Waals surface area contributed by atoms with Crippen molar-refractivity contribution in [1.82, 2.24) is 6.15 Å². The van der Waals surface area contributed by atoms with Crippen molar-refractivity contribution in [2.75, 3.05) is 0 Å². The van der Waals surface area contributed by atoms with Gasteiger partial charge in [-0.25, -0.2) is 0 Å². The Morgan fingerprint density at radius 1 is 1.25 bits per heavy atom. The third kappa shape index (κ3) is 9.70. The summed E-state index contributed by atoms with van der Waals surface area (Å²) < 4.78 is 0. The summed E-state index contributed by atoms with van der Waals surface area (Å²) in [4.78, 5) is 0. The molecule has 1 unspecified atom stereocenters. The van der Waals surface area contributed by atoms with Crippen LogP contribution in [0.5, 0.6) is 0 Å². The van der Waals surface area contributed by atoms with E-state index in [1.54, 1.807) is 0 Å². The summed E-state index contributed by atoms with van der Waals surface area (Å²) >= 11 is 0. The molecule has 0 aliphatic rings. The van der Waals surface area contributed by atoms with Gasteiger partial charge >= 0.3 is 0 Å². The second kappa shape index (κ2) is 10.7. The topological polar surface area (TPSA) is 35.0 Å². The summed E-state index contributed by atoms with van der Waals surface area (Å²) in [5.41, 5.74) is 0. The van der Waals surface area contributed by atoms with Gasteiger partial charge in [0.25, 0.3) is 0 Å². The van der Waals surface area contributed by atoms with Crippen LogP contribution in [0.3, 0.4) is 0 Å². The van der Waals surface area contributed by atoms with Crippen molar-refractivity contribution in [3.05, 3.63) is 12.7 Å². The molecule has 0 radical (unpaired) electrons. The van der Waals surface area contributed by atoms with Crippen molar-refractivity contribution in [2.45, 2.75) is 52.4 Å². The maximum atomic E-state index is 3.72. The molecule has 3 N–H and O–H groups in total. The minimum atomic E-state index is 0. The highest BCUT2D eigenvalue weighted by Gasteiger charge is 1.99. The molecular formula is C11H25N. The molecule has 0 saturated carbocycles. The summed E-state index contributed by atoms with van der Waals surface area (Å²) in [5.74, 6) is 0.926. The van der Waals surface area contributed by atoms with Gasteiger partial charge in [-0.2, -0.15) is 0 Å². The highest BCUT2D eigenvalue weighted by atomic mass is 14.0. The third-order valence-corrected chi connectivity index (χ3v) is 2.16. The molecule has 0 aromatic rings. The molecule has 12 heavy (non-hydrogen) atoms. The molecule has 0 amide bonds. The van der Waals surface area contributed by atoms with Crippen molar-refractivity contribution >= 4 is 0 Å². The number of unbranched alkanes of at least 4 members (excludes halogenated alkanes) is 2. The van der Waals surface area contributed by atoms with Crippen molar-refractivity contribution in [1.29, 1.82) is 0 Å². The van der Waals surface area contributed by atoms with E-state index in [4.69, 9.17) is 0 Å². The van der Waals surface area contributed by atoms with Gasteiger partial charge in [0.1, 0.15) is 0 Å². The summed E-state index contributed by atoms with van der Waals surface area (Å²) in [6.07, 6.45) is 10.1. The molecule has 1 nitrogen and oxygen atoms in total. The Hall–Kier alpha value is -0.300. The van der Waals surface area contributed by atoms with Crippen LogP contribution in [0.4, 0.5) is 0 Å². The Morgan fingerprint density at radius 2 is 1.83 bits per heavy atom. The second-order valence-corrected chi connectivity index (χ2v) is 3.47. The van der Waals surface area contributed by atoms with Gasteiger partial charge in [-0.1, -0.05) is 45.6 Å². The number of allylic oxidation sites excluding steroid dienone is 1. The highest BCUT2D eigenvalue weighted by Crippen LogP contribution is 2.14. The molecular weight excluding hydrogens is 146 g/mol. The maximum absolute atomic E-state index is 3.72. The number of hydrogen-bond donors (Lipinski definition) is 1. The molecule has 0 heterocycles. The van der Waals surface area contributed by atoms with Crippen molar-refractivity contribution in [3.8, 4) is 0 Å². The van der Waals surface area contributed by atoms with Gasteiger partial charge in [0.2, 0.25) is 0 Å². The highest BCUT2D eigenvalue weighted by molar-refractivity contribution is 4.66. The first-order valence-corrected chi connectivity index (χ1v) is 4.92. The first kappa shape index (κ1) is 14.2. The van der Waals surface area contributed by atoms with Crippen LogP contribution < -0.4 is 6.15 Å². The Kier molecular flexibility index (Phi) is 12.7. The fourth-order valence-electron chi connectivity index (χ4n) is 1.31. The Labute approximate surface area is 77.8 Å². The normalized spacial score (nSPS) is 11.8. The Balaban J connectivity index is 0. The van der Waals surface area contributed by atoms with Crippen LogP contribution in [-0.2, 0) is 0 Å². The first-order valence-electron chi connectivity index (χ1n) is 4.92. The van der Waals surface area contributed by atoms with Crippen LogP contribution in [0.25, 0.3) is 0 Å². The van der Waals surface area contributed by atoms with E-state index in [0.717, 1.165) is 5.92 Å². The standard InChI is InChI=1S/C11H22.H3N/c1-4-6-8-10-11(3)9-7-5-2;/h4,11H,1,5-10H2,2-3H3;1H3. The molecule has 74 valence electrons. The first-order chi connectivity index (χ1) is 5.31. The van der Waals surface area contributed by atoms with Gasteiger partial charge in [0, 0.05) is 0 Å². The van der Waals surface area contributed by atoms with Gasteiger partial charge in [0.05, 0.1) is 0 Å². The largest absolute Gasteiger partial charge is 0.344 e. The van der Waals surface area contributed by atoms with E-state index in [1.165, 1.54) is 38.5 Å². The molecule has 0 aromatic carbocycles. The van der Waals surface area contributed by atoms with Gasteiger partial charge in [-0.15, -0.1) is 6.58 Å². The molecule has 0 bridgehead atoms. The van der Waals surface area contributed by atoms with E-state index in [1.807, 2.05) is 6.08 Å². The monoisotopic (exact) mass is 171 g/mol. The lowest BCUT2D eigenvalue weighted by Gasteiger charge is -2.08. The molecule has 0 aromatic heterocycles. The summed E-state index contributed by atoms with van der Waals surface area (Å²) in [5, 5.41) is 0. The molecule has 0 aliphatic heterocycles. The smallest absolute Gasteiger partial charge is 0.0353 e. The number of hydrogen-bond acceptors (Lipinski definition) is 1. The van der Waals surface area contributed by atoms with Crippen molar-refractivity contribution in [2.24, 2.45) is 5.92 Å². The molecule has 0 saturated heterocycles. The summed E-state index contributed by atoms with van der Waals surface area (Å²) in [6.45, 7) is 8.34. The summed E-state index contributed by atoms with van der Waals surface area (Å²) in [7, 11) is 0. The number of rotatable bonds is 7. The van der Waals surface area contributed by atoms with Crippen LogP contribution in [0, 0.1) is 5.92 Å². The predicted molar refractivity (Wildman–Crippen MR) is 57.8 cm³/mol. The van der Waals surface area contributed by atoms with Crippen molar-refractivity contribution in [3.63, 3.8) is 0 Å². The molecule has 1 heteroatoms.